The summed E-state index contributed by atoms with van der Waals surface area (Å²) >= 11 is 1.85. The summed E-state index contributed by atoms with van der Waals surface area (Å²) in [5.41, 5.74) is 0. The second-order valence-corrected chi connectivity index (χ2v) is 5.25. The lowest BCUT2D eigenvalue weighted by Gasteiger charge is -2.13. The third-order valence-electron chi connectivity index (χ3n) is 2.07. The largest absolute Gasteiger partial charge is 0.392 e. The fraction of sp³-hybridized carbons (Fsp3) is 0.636. The Morgan fingerprint density at radius 2 is 2.14 bits per heavy atom. The van der Waals surface area contributed by atoms with Gasteiger partial charge >= 0.3 is 0 Å². The van der Waals surface area contributed by atoms with Crippen LogP contribution in [0.5, 0.6) is 0 Å². The van der Waals surface area contributed by atoms with E-state index in [-0.39, 0.29) is 6.10 Å². The van der Waals surface area contributed by atoms with Crippen LogP contribution in [0.2, 0.25) is 0 Å². The minimum Gasteiger partial charge on any atom is -0.392 e. The molecule has 0 saturated carbocycles. The van der Waals surface area contributed by atoms with E-state index in [0.717, 1.165) is 6.42 Å². The Labute approximate surface area is 90.0 Å². The molecule has 14 heavy (non-hydrogen) atoms. The molecule has 0 bridgehead atoms. The number of thiophene rings is 1. The van der Waals surface area contributed by atoms with Gasteiger partial charge in [0.25, 0.3) is 0 Å². The van der Waals surface area contributed by atoms with Crippen LogP contribution < -0.4 is 5.32 Å². The molecule has 0 aromatic carbocycles. The van der Waals surface area contributed by atoms with Gasteiger partial charge < -0.3 is 10.4 Å². The zero-order valence-electron chi connectivity index (χ0n) is 9.08. The quantitative estimate of drug-likeness (QED) is 0.783. The van der Waals surface area contributed by atoms with Crippen molar-refractivity contribution >= 4 is 11.3 Å². The van der Waals surface area contributed by atoms with Crippen LogP contribution in [0, 0.1) is 6.92 Å². The van der Waals surface area contributed by atoms with Crippen molar-refractivity contribution < 1.29 is 5.11 Å². The van der Waals surface area contributed by atoms with E-state index in [4.69, 9.17) is 5.11 Å². The first-order valence-corrected chi connectivity index (χ1v) is 5.86. The maximum absolute atomic E-state index is 9.11. The molecule has 0 saturated heterocycles. The van der Waals surface area contributed by atoms with E-state index in [1.165, 1.54) is 9.75 Å². The molecule has 0 fully saturated rings. The van der Waals surface area contributed by atoms with Gasteiger partial charge in [0.2, 0.25) is 0 Å². The Bertz CT molecular complexity index is 270. The van der Waals surface area contributed by atoms with E-state index < -0.39 is 0 Å². The van der Waals surface area contributed by atoms with Crippen LogP contribution in [0.25, 0.3) is 0 Å². The van der Waals surface area contributed by atoms with Gasteiger partial charge in [0.15, 0.2) is 0 Å². The van der Waals surface area contributed by atoms with E-state index in [2.05, 4.69) is 31.3 Å². The average molecular weight is 213 g/mol. The van der Waals surface area contributed by atoms with E-state index in [0.29, 0.717) is 12.6 Å². The Kier molecular flexibility index (Phi) is 4.58. The normalized spacial score (nSPS) is 15.4. The standard InChI is InChI=1S/C11H19NOS/c1-8(12-7-9(2)13)6-11-5-4-10(3)14-11/h4-5,8-9,12-13H,6-7H2,1-3H3/t8?,9-/m0/s1. The first kappa shape index (κ1) is 11.7. The van der Waals surface area contributed by atoms with Crippen LogP contribution in [0.4, 0.5) is 0 Å². The SMILES string of the molecule is Cc1ccc(CC(C)NC[C@H](C)O)s1. The lowest BCUT2D eigenvalue weighted by Crippen LogP contribution is -2.33. The summed E-state index contributed by atoms with van der Waals surface area (Å²) in [6, 6.07) is 4.77. The smallest absolute Gasteiger partial charge is 0.0636 e. The molecule has 0 spiro atoms. The molecule has 2 atom stereocenters. The van der Waals surface area contributed by atoms with Crippen molar-refractivity contribution in [3.05, 3.63) is 21.9 Å². The Balaban J connectivity index is 2.30. The number of aliphatic hydroxyl groups is 1. The summed E-state index contributed by atoms with van der Waals surface area (Å²) in [4.78, 5) is 2.77. The molecule has 0 radical (unpaired) electrons. The van der Waals surface area contributed by atoms with Crippen molar-refractivity contribution in [1.82, 2.24) is 5.32 Å². The van der Waals surface area contributed by atoms with Crippen molar-refractivity contribution in [2.75, 3.05) is 6.54 Å². The van der Waals surface area contributed by atoms with E-state index >= 15 is 0 Å². The van der Waals surface area contributed by atoms with Gasteiger partial charge in [-0.25, -0.2) is 0 Å². The summed E-state index contributed by atoms with van der Waals surface area (Å²) in [5, 5.41) is 12.4. The lowest BCUT2D eigenvalue weighted by molar-refractivity contribution is 0.187. The maximum Gasteiger partial charge on any atom is 0.0636 e. The van der Waals surface area contributed by atoms with Crippen LogP contribution in [-0.2, 0) is 6.42 Å². The van der Waals surface area contributed by atoms with Crippen LogP contribution >= 0.6 is 11.3 Å². The van der Waals surface area contributed by atoms with Gasteiger partial charge in [-0.3, -0.25) is 0 Å². The number of nitrogens with one attached hydrogen (secondary N) is 1. The summed E-state index contributed by atoms with van der Waals surface area (Å²) in [7, 11) is 0. The van der Waals surface area contributed by atoms with Crippen molar-refractivity contribution in [1.29, 1.82) is 0 Å². The highest BCUT2D eigenvalue weighted by atomic mass is 32.1. The summed E-state index contributed by atoms with van der Waals surface area (Å²) < 4.78 is 0. The third-order valence-corrected chi connectivity index (χ3v) is 3.09. The highest BCUT2D eigenvalue weighted by Crippen LogP contribution is 2.16. The number of hydrogen-bond donors (Lipinski definition) is 2. The summed E-state index contributed by atoms with van der Waals surface area (Å²) in [5.74, 6) is 0. The zero-order chi connectivity index (χ0) is 10.6. The molecule has 1 aromatic heterocycles. The lowest BCUT2D eigenvalue weighted by atomic mass is 10.2. The van der Waals surface area contributed by atoms with Gasteiger partial charge in [-0.2, -0.15) is 0 Å². The minimum atomic E-state index is -0.262. The Morgan fingerprint density at radius 1 is 1.43 bits per heavy atom. The molecule has 1 heterocycles. The van der Waals surface area contributed by atoms with Crippen LogP contribution in [0.15, 0.2) is 12.1 Å². The van der Waals surface area contributed by atoms with Crippen LogP contribution in [-0.4, -0.2) is 23.8 Å². The first-order chi connectivity index (χ1) is 6.58. The fourth-order valence-corrected chi connectivity index (χ4v) is 2.36. The third kappa shape index (κ3) is 4.22. The highest BCUT2D eigenvalue weighted by Gasteiger charge is 2.05. The predicted molar refractivity (Wildman–Crippen MR) is 61.9 cm³/mol. The molecule has 1 rings (SSSR count). The molecule has 3 heteroatoms. The van der Waals surface area contributed by atoms with E-state index in [1.54, 1.807) is 6.92 Å². The van der Waals surface area contributed by atoms with Crippen molar-refractivity contribution in [2.45, 2.75) is 39.3 Å². The molecule has 1 aromatic rings. The minimum absolute atomic E-state index is 0.262. The van der Waals surface area contributed by atoms with Gasteiger partial charge in [0.1, 0.15) is 0 Å². The van der Waals surface area contributed by atoms with E-state index in [9.17, 15) is 0 Å². The Morgan fingerprint density at radius 3 is 2.64 bits per heavy atom. The molecule has 0 aliphatic heterocycles. The molecular formula is C11H19NOS. The maximum atomic E-state index is 9.11. The molecule has 80 valence electrons. The number of aliphatic hydroxyl groups excluding tert-OH is 1. The number of hydrogen-bond acceptors (Lipinski definition) is 3. The van der Waals surface area contributed by atoms with Gasteiger partial charge in [-0.05, 0) is 39.3 Å². The molecule has 1 unspecified atom stereocenters. The molecule has 2 nitrogen and oxygen atoms in total. The highest BCUT2D eigenvalue weighted by molar-refractivity contribution is 7.11. The number of aryl methyl sites for hydroxylation is 1. The van der Waals surface area contributed by atoms with Crippen LogP contribution in [0.3, 0.4) is 0 Å². The first-order valence-electron chi connectivity index (χ1n) is 5.04. The second-order valence-electron chi connectivity index (χ2n) is 3.87. The molecule has 0 amide bonds. The average Bonchev–Trinajstić information content (AvgIpc) is 2.48. The predicted octanol–water partition coefficient (Wildman–Crippen LogP) is 1.96. The van der Waals surface area contributed by atoms with E-state index in [1.807, 2.05) is 11.3 Å². The van der Waals surface area contributed by atoms with Crippen molar-refractivity contribution in [3.63, 3.8) is 0 Å². The van der Waals surface area contributed by atoms with Gasteiger partial charge in [0.05, 0.1) is 6.10 Å². The molecular weight excluding hydrogens is 194 g/mol. The number of rotatable bonds is 5. The van der Waals surface area contributed by atoms with Crippen molar-refractivity contribution in [2.24, 2.45) is 0 Å². The molecule has 0 aliphatic rings. The Hall–Kier alpha value is -0.380. The zero-order valence-corrected chi connectivity index (χ0v) is 9.90. The summed E-state index contributed by atoms with van der Waals surface area (Å²) in [6.07, 6.45) is 0.785. The van der Waals surface area contributed by atoms with Gasteiger partial charge in [-0.15, -0.1) is 11.3 Å². The van der Waals surface area contributed by atoms with Crippen molar-refractivity contribution in [3.8, 4) is 0 Å². The monoisotopic (exact) mass is 213 g/mol. The summed E-state index contributed by atoms with van der Waals surface area (Å²) in [6.45, 7) is 6.75. The molecule has 2 N–H and O–H groups in total. The molecule has 0 aliphatic carbocycles. The van der Waals surface area contributed by atoms with Crippen LogP contribution in [0.1, 0.15) is 23.6 Å². The fourth-order valence-electron chi connectivity index (χ4n) is 1.34. The van der Waals surface area contributed by atoms with Gasteiger partial charge in [0, 0.05) is 22.3 Å². The second kappa shape index (κ2) is 5.49. The topological polar surface area (TPSA) is 32.3 Å². The van der Waals surface area contributed by atoms with Gasteiger partial charge in [-0.1, -0.05) is 0 Å².